The zero-order valence-corrected chi connectivity index (χ0v) is 13.9. The number of carbonyl (C=O) groups excluding carboxylic acids is 2. The zero-order valence-electron chi connectivity index (χ0n) is 13.9. The van der Waals surface area contributed by atoms with E-state index in [0.717, 1.165) is 16.5 Å². The van der Waals surface area contributed by atoms with Gasteiger partial charge in [-0.1, -0.05) is 12.1 Å². The number of benzene rings is 1. The first-order valence-electron chi connectivity index (χ1n) is 7.73. The molecule has 2 amide bonds. The second-order valence-electron chi connectivity index (χ2n) is 5.34. The minimum absolute atomic E-state index is 0.0679. The van der Waals surface area contributed by atoms with E-state index in [-0.39, 0.29) is 5.69 Å². The SMILES string of the molecule is CCn1cc(NC(=O)NCc2ccc3cn[nH]c3c2)c(C(=O)OC)n1. The predicted molar refractivity (Wildman–Crippen MR) is 91.2 cm³/mol. The number of hydrogen-bond donors (Lipinski definition) is 3. The van der Waals surface area contributed by atoms with Gasteiger partial charge in [0, 0.05) is 24.7 Å². The number of H-pyrrole nitrogens is 1. The quantitative estimate of drug-likeness (QED) is 0.613. The van der Waals surface area contributed by atoms with E-state index in [4.69, 9.17) is 0 Å². The second kappa shape index (κ2) is 7.04. The van der Waals surface area contributed by atoms with Crippen LogP contribution in [-0.2, 0) is 17.8 Å². The average Bonchev–Trinajstić information content (AvgIpc) is 3.25. The molecule has 3 N–H and O–H groups in total. The van der Waals surface area contributed by atoms with Crippen LogP contribution >= 0.6 is 0 Å². The summed E-state index contributed by atoms with van der Waals surface area (Å²) < 4.78 is 6.23. The Kier molecular flexibility index (Phi) is 4.64. The number of anilines is 1. The number of urea groups is 1. The number of fused-ring (bicyclic) bond motifs is 1. The normalized spacial score (nSPS) is 10.6. The van der Waals surface area contributed by atoms with Gasteiger partial charge in [-0.3, -0.25) is 9.78 Å². The van der Waals surface area contributed by atoms with Gasteiger partial charge in [0.25, 0.3) is 0 Å². The number of nitrogens with zero attached hydrogens (tertiary/aromatic N) is 3. The lowest BCUT2D eigenvalue weighted by atomic mass is 10.2. The molecule has 0 aliphatic rings. The van der Waals surface area contributed by atoms with E-state index in [0.29, 0.717) is 18.8 Å². The monoisotopic (exact) mass is 342 g/mol. The van der Waals surface area contributed by atoms with Crippen LogP contribution in [0.25, 0.3) is 10.9 Å². The van der Waals surface area contributed by atoms with E-state index in [1.165, 1.54) is 7.11 Å². The molecule has 2 heterocycles. The molecule has 0 radical (unpaired) electrons. The molecule has 0 atom stereocenters. The number of esters is 1. The van der Waals surface area contributed by atoms with E-state index in [1.807, 2.05) is 25.1 Å². The number of hydrogen-bond acceptors (Lipinski definition) is 5. The van der Waals surface area contributed by atoms with Gasteiger partial charge in [-0.15, -0.1) is 0 Å². The van der Waals surface area contributed by atoms with Crippen LogP contribution in [-0.4, -0.2) is 39.1 Å². The van der Waals surface area contributed by atoms with Gasteiger partial charge >= 0.3 is 12.0 Å². The molecule has 1 aromatic carbocycles. The first-order valence-corrected chi connectivity index (χ1v) is 7.73. The minimum Gasteiger partial charge on any atom is -0.464 e. The van der Waals surface area contributed by atoms with Gasteiger partial charge in [0.05, 0.1) is 24.5 Å². The van der Waals surface area contributed by atoms with Crippen LogP contribution in [0, 0.1) is 0 Å². The van der Waals surface area contributed by atoms with Crippen LogP contribution in [0.3, 0.4) is 0 Å². The smallest absolute Gasteiger partial charge is 0.360 e. The highest BCUT2D eigenvalue weighted by Gasteiger charge is 2.18. The number of amides is 2. The Bertz CT molecular complexity index is 914. The zero-order chi connectivity index (χ0) is 17.8. The van der Waals surface area contributed by atoms with Crippen LogP contribution in [0.1, 0.15) is 23.0 Å². The molecule has 0 bridgehead atoms. The molecular formula is C16H18N6O3. The Morgan fingerprint density at radius 1 is 1.36 bits per heavy atom. The van der Waals surface area contributed by atoms with Crippen molar-refractivity contribution < 1.29 is 14.3 Å². The number of ether oxygens (including phenoxy) is 1. The molecule has 0 fully saturated rings. The fourth-order valence-electron chi connectivity index (χ4n) is 2.37. The van der Waals surface area contributed by atoms with Gasteiger partial charge < -0.3 is 15.4 Å². The summed E-state index contributed by atoms with van der Waals surface area (Å²) in [5, 5.41) is 17.3. The van der Waals surface area contributed by atoms with Gasteiger partial charge in [0.2, 0.25) is 0 Å². The summed E-state index contributed by atoms with van der Waals surface area (Å²) in [6.45, 7) is 2.78. The van der Waals surface area contributed by atoms with Crippen molar-refractivity contribution in [2.45, 2.75) is 20.0 Å². The molecule has 9 nitrogen and oxygen atoms in total. The summed E-state index contributed by atoms with van der Waals surface area (Å²) in [5.74, 6) is -0.604. The molecule has 25 heavy (non-hydrogen) atoms. The Balaban J connectivity index is 1.66. The molecule has 0 unspecified atom stereocenters. The number of aryl methyl sites for hydroxylation is 1. The molecule has 0 saturated carbocycles. The predicted octanol–water partition coefficient (Wildman–Crippen LogP) is 1.89. The molecule has 130 valence electrons. The molecular weight excluding hydrogens is 324 g/mol. The van der Waals surface area contributed by atoms with Crippen molar-refractivity contribution in [3.05, 3.63) is 41.9 Å². The van der Waals surface area contributed by atoms with Crippen molar-refractivity contribution in [2.75, 3.05) is 12.4 Å². The summed E-state index contributed by atoms with van der Waals surface area (Å²) in [7, 11) is 1.27. The Morgan fingerprint density at radius 2 is 2.20 bits per heavy atom. The van der Waals surface area contributed by atoms with Crippen LogP contribution in [0.5, 0.6) is 0 Å². The lowest BCUT2D eigenvalue weighted by molar-refractivity contribution is 0.0594. The van der Waals surface area contributed by atoms with Gasteiger partial charge in [0.1, 0.15) is 0 Å². The third kappa shape index (κ3) is 3.60. The number of aromatic amines is 1. The number of rotatable bonds is 5. The van der Waals surface area contributed by atoms with Crippen molar-refractivity contribution in [1.82, 2.24) is 25.3 Å². The summed E-state index contributed by atoms with van der Waals surface area (Å²) >= 11 is 0. The number of methoxy groups -OCH3 is 1. The van der Waals surface area contributed by atoms with Gasteiger partial charge in [0.15, 0.2) is 5.69 Å². The molecule has 0 aliphatic heterocycles. The molecule has 3 aromatic rings. The van der Waals surface area contributed by atoms with Gasteiger partial charge in [-0.2, -0.15) is 10.2 Å². The van der Waals surface area contributed by atoms with E-state index in [1.54, 1.807) is 17.1 Å². The summed E-state index contributed by atoms with van der Waals surface area (Å²) in [4.78, 5) is 23.9. The third-order valence-electron chi connectivity index (χ3n) is 3.67. The van der Waals surface area contributed by atoms with Crippen molar-refractivity contribution in [3.63, 3.8) is 0 Å². The van der Waals surface area contributed by atoms with Gasteiger partial charge in [-0.25, -0.2) is 9.59 Å². The van der Waals surface area contributed by atoms with Gasteiger partial charge in [-0.05, 0) is 18.6 Å². The van der Waals surface area contributed by atoms with Crippen LogP contribution in [0.15, 0.2) is 30.6 Å². The maximum Gasteiger partial charge on any atom is 0.360 e. The van der Waals surface area contributed by atoms with Crippen LogP contribution in [0.4, 0.5) is 10.5 Å². The van der Waals surface area contributed by atoms with E-state index >= 15 is 0 Å². The lowest BCUT2D eigenvalue weighted by Gasteiger charge is -2.07. The molecule has 0 aliphatic carbocycles. The van der Waals surface area contributed by atoms with Crippen molar-refractivity contribution in [1.29, 1.82) is 0 Å². The first-order chi connectivity index (χ1) is 12.1. The molecule has 0 spiro atoms. The average molecular weight is 342 g/mol. The second-order valence-corrected chi connectivity index (χ2v) is 5.34. The maximum absolute atomic E-state index is 12.1. The van der Waals surface area contributed by atoms with E-state index < -0.39 is 12.0 Å². The fourth-order valence-corrected chi connectivity index (χ4v) is 2.37. The number of carbonyl (C=O) groups is 2. The maximum atomic E-state index is 12.1. The van der Waals surface area contributed by atoms with Crippen LogP contribution < -0.4 is 10.6 Å². The van der Waals surface area contributed by atoms with E-state index in [2.05, 4.69) is 30.7 Å². The van der Waals surface area contributed by atoms with Crippen LogP contribution in [0.2, 0.25) is 0 Å². The largest absolute Gasteiger partial charge is 0.464 e. The minimum atomic E-state index is -0.604. The van der Waals surface area contributed by atoms with Crippen molar-refractivity contribution in [3.8, 4) is 0 Å². The standard InChI is InChI=1S/C16H18N6O3/c1-3-22-9-13(14(21-22)15(23)25-2)19-16(24)17-7-10-4-5-11-8-18-20-12(11)6-10/h4-6,8-9H,3,7H2,1-2H3,(H,18,20)(H2,17,19,24). The highest BCUT2D eigenvalue weighted by atomic mass is 16.5. The summed E-state index contributed by atoms with van der Waals surface area (Å²) in [6.07, 6.45) is 3.32. The molecule has 2 aromatic heterocycles. The molecule has 0 saturated heterocycles. The van der Waals surface area contributed by atoms with Crippen molar-refractivity contribution >= 4 is 28.6 Å². The highest BCUT2D eigenvalue weighted by molar-refractivity contribution is 5.99. The molecule has 3 rings (SSSR count). The Morgan fingerprint density at radius 3 is 2.96 bits per heavy atom. The highest BCUT2D eigenvalue weighted by Crippen LogP contribution is 2.15. The number of aromatic nitrogens is 4. The molecule has 9 heteroatoms. The summed E-state index contributed by atoms with van der Waals surface area (Å²) in [5.41, 5.74) is 2.19. The topological polar surface area (TPSA) is 114 Å². The lowest BCUT2D eigenvalue weighted by Crippen LogP contribution is -2.28. The third-order valence-corrected chi connectivity index (χ3v) is 3.67. The fraction of sp³-hybridized carbons (Fsp3) is 0.250. The van der Waals surface area contributed by atoms with Crippen molar-refractivity contribution in [2.24, 2.45) is 0 Å². The van der Waals surface area contributed by atoms with E-state index in [9.17, 15) is 9.59 Å². The first kappa shape index (κ1) is 16.5. The number of nitrogens with one attached hydrogen (secondary N) is 3. The Labute approximate surface area is 143 Å². The summed E-state index contributed by atoms with van der Waals surface area (Å²) in [6, 6.07) is 5.31. The Hall–Kier alpha value is -3.36.